The molecule has 1 heterocycles. The van der Waals surface area contributed by atoms with Crippen LogP contribution in [0.3, 0.4) is 0 Å². The van der Waals surface area contributed by atoms with Crippen molar-refractivity contribution in [3.05, 3.63) is 101 Å². The molecular weight excluding hydrogens is 450 g/mol. The Morgan fingerprint density at radius 3 is 2.53 bits per heavy atom. The van der Waals surface area contributed by atoms with E-state index >= 15 is 0 Å². The van der Waals surface area contributed by atoms with Gasteiger partial charge in [0.1, 0.15) is 11.4 Å². The molecule has 0 bridgehead atoms. The Morgan fingerprint density at radius 2 is 1.78 bits per heavy atom. The van der Waals surface area contributed by atoms with E-state index in [-0.39, 0.29) is 24.3 Å². The summed E-state index contributed by atoms with van der Waals surface area (Å²) < 4.78 is 0. The highest BCUT2D eigenvalue weighted by atomic mass is 16.3. The maximum Gasteiger partial charge on any atom is 0.268 e. The predicted octanol–water partition coefficient (Wildman–Crippen LogP) is 5.01. The summed E-state index contributed by atoms with van der Waals surface area (Å²) in [6, 6.07) is 23.8. The second kappa shape index (κ2) is 11.9. The van der Waals surface area contributed by atoms with Gasteiger partial charge in [-0.15, -0.1) is 0 Å². The van der Waals surface area contributed by atoms with Crippen LogP contribution in [0.15, 0.2) is 72.8 Å². The van der Waals surface area contributed by atoms with Gasteiger partial charge < -0.3 is 25.8 Å². The number of aromatic hydroxyl groups is 1. The van der Waals surface area contributed by atoms with Crippen LogP contribution in [0.5, 0.6) is 5.75 Å². The third-order valence-corrected chi connectivity index (χ3v) is 6.71. The molecule has 36 heavy (non-hydrogen) atoms. The van der Waals surface area contributed by atoms with Gasteiger partial charge in [0.05, 0.1) is 12.6 Å². The van der Waals surface area contributed by atoms with Crippen molar-refractivity contribution in [2.24, 2.45) is 0 Å². The maximum absolute atomic E-state index is 12.8. The van der Waals surface area contributed by atoms with Crippen LogP contribution in [0.1, 0.15) is 59.1 Å². The molecule has 1 amide bonds. The Morgan fingerprint density at radius 1 is 1.00 bits per heavy atom. The molecule has 0 saturated carbocycles. The van der Waals surface area contributed by atoms with E-state index in [9.17, 15) is 15.0 Å². The molecular formula is C30H35N3O3. The number of aliphatic hydroxyl groups excluding tert-OH is 1. The molecule has 6 heteroatoms. The van der Waals surface area contributed by atoms with Gasteiger partial charge in [-0.3, -0.25) is 4.79 Å². The first kappa shape index (κ1) is 25.5. The van der Waals surface area contributed by atoms with Crippen molar-refractivity contribution in [1.82, 2.24) is 15.6 Å². The highest BCUT2D eigenvalue weighted by molar-refractivity contribution is 5.98. The van der Waals surface area contributed by atoms with Gasteiger partial charge in [-0.2, -0.15) is 0 Å². The summed E-state index contributed by atoms with van der Waals surface area (Å²) in [5, 5.41) is 26.8. The largest absolute Gasteiger partial charge is 0.508 e. The van der Waals surface area contributed by atoms with Gasteiger partial charge in [0.25, 0.3) is 5.91 Å². The minimum absolute atomic E-state index is 0.0751. The van der Waals surface area contributed by atoms with Crippen molar-refractivity contribution in [3.63, 3.8) is 0 Å². The molecule has 1 aromatic heterocycles. The highest BCUT2D eigenvalue weighted by Gasteiger charge is 2.15. The van der Waals surface area contributed by atoms with Gasteiger partial charge in [0, 0.05) is 22.5 Å². The van der Waals surface area contributed by atoms with Crippen molar-refractivity contribution in [2.75, 3.05) is 6.54 Å². The number of hydrogen-bond donors (Lipinski definition) is 5. The number of hydrogen-bond acceptors (Lipinski definition) is 4. The number of benzene rings is 3. The second-order valence-electron chi connectivity index (χ2n) is 9.35. The number of carbonyl (C=O) groups excluding carboxylic acids is 1. The van der Waals surface area contributed by atoms with Gasteiger partial charge in [0.15, 0.2) is 0 Å². The number of phenols is 1. The standard InChI is InChI=1S/C30H35N3O3/c1-3-26(31-14-13-21-10-12-29(35)25(15-21)19-34)17-22-9-11-27-24(16-22)18-28(33-27)30(36)32-20(2)23-7-5-4-6-8-23/h4-12,15-16,18,20,26,31,33-35H,3,13-14,17,19H2,1-2H3,(H,32,36)/t20-,26-/m1/s1. The van der Waals surface area contributed by atoms with Crippen LogP contribution in [0.2, 0.25) is 0 Å². The summed E-state index contributed by atoms with van der Waals surface area (Å²) in [7, 11) is 0. The molecule has 0 radical (unpaired) electrons. The van der Waals surface area contributed by atoms with Gasteiger partial charge in [0.2, 0.25) is 0 Å². The zero-order valence-electron chi connectivity index (χ0n) is 20.9. The second-order valence-corrected chi connectivity index (χ2v) is 9.35. The number of fused-ring (bicyclic) bond motifs is 1. The number of aromatic nitrogens is 1. The molecule has 0 saturated heterocycles. The third-order valence-electron chi connectivity index (χ3n) is 6.71. The van der Waals surface area contributed by atoms with E-state index < -0.39 is 0 Å². The molecule has 0 aliphatic carbocycles. The Bertz CT molecular complexity index is 1300. The monoisotopic (exact) mass is 485 g/mol. The summed E-state index contributed by atoms with van der Waals surface area (Å²) >= 11 is 0. The topological polar surface area (TPSA) is 97.4 Å². The van der Waals surface area contributed by atoms with E-state index in [2.05, 4.69) is 34.7 Å². The van der Waals surface area contributed by atoms with E-state index in [4.69, 9.17) is 0 Å². The first-order chi connectivity index (χ1) is 17.5. The molecule has 0 spiro atoms. The molecule has 6 nitrogen and oxygen atoms in total. The molecule has 0 aliphatic rings. The lowest BCUT2D eigenvalue weighted by molar-refractivity contribution is 0.0935. The molecule has 0 unspecified atom stereocenters. The number of rotatable bonds is 11. The van der Waals surface area contributed by atoms with Crippen LogP contribution in [0.4, 0.5) is 0 Å². The first-order valence-electron chi connectivity index (χ1n) is 12.6. The van der Waals surface area contributed by atoms with E-state index in [1.54, 1.807) is 6.07 Å². The van der Waals surface area contributed by atoms with Crippen molar-refractivity contribution in [3.8, 4) is 5.75 Å². The van der Waals surface area contributed by atoms with Gasteiger partial charge >= 0.3 is 0 Å². The number of amides is 1. The zero-order valence-corrected chi connectivity index (χ0v) is 20.9. The molecule has 4 aromatic rings. The van der Waals surface area contributed by atoms with Crippen molar-refractivity contribution in [2.45, 2.75) is 51.8 Å². The van der Waals surface area contributed by atoms with Gasteiger partial charge in [-0.25, -0.2) is 0 Å². The van der Waals surface area contributed by atoms with Crippen LogP contribution in [0.25, 0.3) is 10.9 Å². The molecule has 0 aliphatic heterocycles. The van der Waals surface area contributed by atoms with Gasteiger partial charge in [-0.1, -0.05) is 49.4 Å². The molecule has 2 atom stereocenters. The quantitative estimate of drug-likeness (QED) is 0.206. The van der Waals surface area contributed by atoms with E-state index in [0.717, 1.165) is 47.8 Å². The lowest BCUT2D eigenvalue weighted by Crippen LogP contribution is -2.32. The fourth-order valence-corrected chi connectivity index (χ4v) is 4.52. The van der Waals surface area contributed by atoms with Crippen molar-refractivity contribution in [1.29, 1.82) is 0 Å². The van der Waals surface area contributed by atoms with Crippen LogP contribution >= 0.6 is 0 Å². The van der Waals surface area contributed by atoms with Crippen LogP contribution in [-0.2, 0) is 19.4 Å². The first-order valence-corrected chi connectivity index (χ1v) is 12.6. The summed E-state index contributed by atoms with van der Waals surface area (Å²) in [5.41, 5.74) is 5.44. The van der Waals surface area contributed by atoms with Crippen molar-refractivity contribution >= 4 is 16.8 Å². The Hall–Kier alpha value is -3.61. The lowest BCUT2D eigenvalue weighted by atomic mass is 10.0. The Balaban J connectivity index is 1.35. The molecule has 188 valence electrons. The third kappa shape index (κ3) is 6.33. The normalized spacial score (nSPS) is 13.0. The van der Waals surface area contributed by atoms with Crippen LogP contribution in [-0.4, -0.2) is 33.7 Å². The lowest BCUT2D eigenvalue weighted by Gasteiger charge is -2.17. The average molecular weight is 486 g/mol. The fraction of sp³-hybridized carbons (Fsp3) is 0.300. The fourth-order valence-electron chi connectivity index (χ4n) is 4.52. The Labute approximate surface area is 212 Å². The number of nitrogens with one attached hydrogen (secondary N) is 3. The van der Waals surface area contributed by atoms with Gasteiger partial charge in [-0.05, 0) is 79.8 Å². The maximum atomic E-state index is 12.8. The zero-order chi connectivity index (χ0) is 25.5. The summed E-state index contributed by atoms with van der Waals surface area (Å²) in [6.45, 7) is 4.80. The molecule has 5 N–H and O–H groups in total. The summed E-state index contributed by atoms with van der Waals surface area (Å²) in [5.74, 6) is 0.0166. The molecule has 0 fully saturated rings. The predicted molar refractivity (Wildman–Crippen MR) is 144 cm³/mol. The number of carbonyl (C=O) groups is 1. The van der Waals surface area contributed by atoms with Crippen molar-refractivity contribution < 1.29 is 15.0 Å². The van der Waals surface area contributed by atoms with Crippen LogP contribution in [0, 0.1) is 0 Å². The van der Waals surface area contributed by atoms with E-state index in [0.29, 0.717) is 17.3 Å². The van der Waals surface area contributed by atoms with E-state index in [1.165, 1.54) is 5.56 Å². The smallest absolute Gasteiger partial charge is 0.268 e. The Kier molecular flexibility index (Phi) is 8.41. The summed E-state index contributed by atoms with van der Waals surface area (Å²) in [4.78, 5) is 16.1. The number of aliphatic hydroxyl groups is 1. The highest BCUT2D eigenvalue weighted by Crippen LogP contribution is 2.21. The number of H-pyrrole nitrogens is 1. The van der Waals surface area contributed by atoms with Crippen LogP contribution < -0.4 is 10.6 Å². The minimum atomic E-state index is -0.165. The molecule has 3 aromatic carbocycles. The number of aromatic amines is 1. The average Bonchev–Trinajstić information content (AvgIpc) is 3.33. The SMILES string of the molecule is CC[C@H](Cc1ccc2[nH]c(C(=O)N[C@H](C)c3ccccc3)cc2c1)NCCc1ccc(O)c(CO)c1. The van der Waals surface area contributed by atoms with E-state index in [1.807, 2.05) is 61.5 Å². The summed E-state index contributed by atoms with van der Waals surface area (Å²) in [6.07, 6.45) is 2.70. The minimum Gasteiger partial charge on any atom is -0.508 e. The molecule has 4 rings (SSSR count).